The van der Waals surface area contributed by atoms with Gasteiger partial charge in [-0.05, 0) is 68.1 Å². The van der Waals surface area contributed by atoms with Gasteiger partial charge in [0.25, 0.3) is 5.91 Å². The second-order valence-electron chi connectivity index (χ2n) is 7.12. The molecule has 0 aliphatic heterocycles. The molecule has 2 aromatic rings. The first-order valence-electron chi connectivity index (χ1n) is 9.50. The second-order valence-corrected chi connectivity index (χ2v) is 8.04. The van der Waals surface area contributed by atoms with E-state index in [0.29, 0.717) is 5.75 Å². The van der Waals surface area contributed by atoms with Crippen LogP contribution in [0.15, 0.2) is 34.8 Å². The molecule has 8 heteroatoms. The van der Waals surface area contributed by atoms with Gasteiger partial charge in [-0.3, -0.25) is 25.2 Å². The molecule has 0 heterocycles. The standard InChI is InChI=1S/C22H26BrN3O4/c1-13-5-6-14(2)18(9-13)24-19(27)7-8-20(28)25-26-21(29)12-30-22-15(3)10-17(23)11-16(22)4/h5-6,9-11H,7-8,12H2,1-4H3,(H,24,27)(H,25,28)(H,26,29). The summed E-state index contributed by atoms with van der Waals surface area (Å²) in [4.78, 5) is 35.9. The van der Waals surface area contributed by atoms with Gasteiger partial charge in [0.2, 0.25) is 11.8 Å². The van der Waals surface area contributed by atoms with E-state index < -0.39 is 11.8 Å². The first kappa shape index (κ1) is 23.4. The van der Waals surface area contributed by atoms with Gasteiger partial charge in [-0.15, -0.1) is 0 Å². The monoisotopic (exact) mass is 475 g/mol. The minimum Gasteiger partial charge on any atom is -0.483 e. The molecule has 0 saturated heterocycles. The van der Waals surface area contributed by atoms with E-state index in [2.05, 4.69) is 32.1 Å². The highest BCUT2D eigenvalue weighted by atomic mass is 79.9. The zero-order chi connectivity index (χ0) is 22.3. The van der Waals surface area contributed by atoms with Gasteiger partial charge in [0, 0.05) is 23.0 Å². The number of carbonyl (C=O) groups is 3. The summed E-state index contributed by atoms with van der Waals surface area (Å²) in [5.41, 5.74) is 9.08. The van der Waals surface area contributed by atoms with E-state index in [-0.39, 0.29) is 25.4 Å². The zero-order valence-electron chi connectivity index (χ0n) is 17.5. The number of hydrogen-bond acceptors (Lipinski definition) is 4. The Morgan fingerprint density at radius 2 is 1.43 bits per heavy atom. The maximum Gasteiger partial charge on any atom is 0.276 e. The molecular formula is C22H26BrN3O4. The van der Waals surface area contributed by atoms with Gasteiger partial charge in [-0.25, -0.2) is 0 Å². The predicted molar refractivity (Wildman–Crippen MR) is 119 cm³/mol. The van der Waals surface area contributed by atoms with E-state index in [1.807, 2.05) is 58.0 Å². The van der Waals surface area contributed by atoms with Crippen LogP contribution >= 0.6 is 15.9 Å². The Hall–Kier alpha value is -2.87. The van der Waals surface area contributed by atoms with Gasteiger partial charge in [-0.2, -0.15) is 0 Å². The molecule has 0 saturated carbocycles. The van der Waals surface area contributed by atoms with Crippen molar-refractivity contribution in [3.8, 4) is 5.75 Å². The lowest BCUT2D eigenvalue weighted by Crippen LogP contribution is -2.44. The van der Waals surface area contributed by atoms with Crippen molar-refractivity contribution in [1.82, 2.24) is 10.9 Å². The first-order valence-corrected chi connectivity index (χ1v) is 10.3. The van der Waals surface area contributed by atoms with Crippen LogP contribution in [0.3, 0.4) is 0 Å². The molecule has 160 valence electrons. The average molecular weight is 476 g/mol. The molecule has 2 aromatic carbocycles. The minimum absolute atomic E-state index is 0.00285. The molecular weight excluding hydrogens is 450 g/mol. The lowest BCUT2D eigenvalue weighted by Gasteiger charge is -2.13. The summed E-state index contributed by atoms with van der Waals surface area (Å²) in [6, 6.07) is 9.55. The van der Waals surface area contributed by atoms with Gasteiger partial charge in [0.05, 0.1) is 0 Å². The Balaban J connectivity index is 1.72. The van der Waals surface area contributed by atoms with Gasteiger partial charge in [-0.1, -0.05) is 28.1 Å². The molecule has 3 amide bonds. The van der Waals surface area contributed by atoms with Crippen molar-refractivity contribution in [1.29, 1.82) is 0 Å². The van der Waals surface area contributed by atoms with Crippen molar-refractivity contribution < 1.29 is 19.1 Å². The fourth-order valence-corrected chi connectivity index (χ4v) is 3.50. The summed E-state index contributed by atoms with van der Waals surface area (Å²) in [5, 5.41) is 2.79. The highest BCUT2D eigenvalue weighted by Crippen LogP contribution is 2.27. The molecule has 2 rings (SSSR count). The molecule has 3 N–H and O–H groups in total. The Morgan fingerprint density at radius 1 is 0.833 bits per heavy atom. The molecule has 0 aliphatic carbocycles. The normalized spacial score (nSPS) is 10.3. The molecule has 7 nitrogen and oxygen atoms in total. The van der Waals surface area contributed by atoms with E-state index in [1.165, 1.54) is 0 Å². The number of aryl methyl sites for hydroxylation is 4. The number of amides is 3. The topological polar surface area (TPSA) is 96.5 Å². The van der Waals surface area contributed by atoms with E-state index in [4.69, 9.17) is 4.74 Å². The number of halogens is 1. The smallest absolute Gasteiger partial charge is 0.276 e. The average Bonchev–Trinajstić information content (AvgIpc) is 2.66. The Labute approximate surface area is 184 Å². The number of anilines is 1. The number of hydrazine groups is 1. The number of rotatable bonds is 7. The summed E-state index contributed by atoms with van der Waals surface area (Å²) >= 11 is 3.41. The predicted octanol–water partition coefficient (Wildman–Crippen LogP) is 3.63. The Morgan fingerprint density at radius 3 is 2.10 bits per heavy atom. The van der Waals surface area contributed by atoms with Crippen LogP contribution in [0, 0.1) is 27.7 Å². The van der Waals surface area contributed by atoms with Crippen molar-refractivity contribution >= 4 is 39.3 Å². The lowest BCUT2D eigenvalue weighted by atomic mass is 10.1. The van der Waals surface area contributed by atoms with Crippen molar-refractivity contribution in [3.05, 3.63) is 57.1 Å². The van der Waals surface area contributed by atoms with E-state index >= 15 is 0 Å². The van der Waals surface area contributed by atoms with Crippen LogP contribution < -0.4 is 20.9 Å². The van der Waals surface area contributed by atoms with Crippen LogP contribution in [-0.2, 0) is 14.4 Å². The van der Waals surface area contributed by atoms with Crippen LogP contribution in [-0.4, -0.2) is 24.3 Å². The van der Waals surface area contributed by atoms with E-state index in [0.717, 1.165) is 32.4 Å². The van der Waals surface area contributed by atoms with E-state index in [1.54, 1.807) is 0 Å². The molecule has 0 unspecified atom stereocenters. The fourth-order valence-electron chi connectivity index (χ4n) is 2.81. The summed E-state index contributed by atoms with van der Waals surface area (Å²) in [5.74, 6) is -0.599. The third kappa shape index (κ3) is 7.18. The van der Waals surface area contributed by atoms with Crippen molar-refractivity contribution in [3.63, 3.8) is 0 Å². The highest BCUT2D eigenvalue weighted by molar-refractivity contribution is 9.10. The minimum atomic E-state index is -0.495. The van der Waals surface area contributed by atoms with Crippen LogP contribution in [0.5, 0.6) is 5.75 Å². The molecule has 0 fully saturated rings. The Bertz CT molecular complexity index is 936. The first-order chi connectivity index (χ1) is 14.2. The summed E-state index contributed by atoms with van der Waals surface area (Å²) in [7, 11) is 0. The molecule has 0 aromatic heterocycles. The van der Waals surface area contributed by atoms with Gasteiger partial charge in [0.15, 0.2) is 6.61 Å². The summed E-state index contributed by atoms with van der Waals surface area (Å²) in [6.45, 7) is 7.37. The third-order valence-electron chi connectivity index (χ3n) is 4.36. The highest BCUT2D eigenvalue weighted by Gasteiger charge is 2.11. The van der Waals surface area contributed by atoms with Crippen LogP contribution in [0.1, 0.15) is 35.1 Å². The van der Waals surface area contributed by atoms with Crippen LogP contribution in [0.25, 0.3) is 0 Å². The number of hydrogen-bond donors (Lipinski definition) is 3. The van der Waals surface area contributed by atoms with Crippen molar-refractivity contribution in [2.24, 2.45) is 0 Å². The van der Waals surface area contributed by atoms with Crippen molar-refractivity contribution in [2.75, 3.05) is 11.9 Å². The molecule has 0 spiro atoms. The van der Waals surface area contributed by atoms with Crippen molar-refractivity contribution in [2.45, 2.75) is 40.5 Å². The SMILES string of the molecule is Cc1ccc(C)c(NC(=O)CCC(=O)NNC(=O)COc2c(C)cc(Br)cc2C)c1. The molecule has 30 heavy (non-hydrogen) atoms. The largest absolute Gasteiger partial charge is 0.483 e. The fraction of sp³-hybridized carbons (Fsp3) is 0.318. The maximum atomic E-state index is 12.1. The molecule has 0 atom stereocenters. The summed E-state index contributed by atoms with van der Waals surface area (Å²) < 4.78 is 6.49. The Kier molecular flexibility index (Phi) is 8.41. The number of nitrogens with one attached hydrogen (secondary N) is 3. The summed E-state index contributed by atoms with van der Waals surface area (Å²) in [6.07, 6.45) is -0.0500. The van der Waals surface area contributed by atoms with Crippen LogP contribution in [0.4, 0.5) is 5.69 Å². The number of carbonyl (C=O) groups excluding carboxylic acids is 3. The second kappa shape index (κ2) is 10.8. The lowest BCUT2D eigenvalue weighted by molar-refractivity contribution is -0.130. The number of ether oxygens (including phenoxy) is 1. The van der Waals surface area contributed by atoms with Gasteiger partial charge < -0.3 is 10.1 Å². The van der Waals surface area contributed by atoms with Crippen LogP contribution in [0.2, 0.25) is 0 Å². The quantitative estimate of drug-likeness (QED) is 0.532. The maximum absolute atomic E-state index is 12.1. The van der Waals surface area contributed by atoms with Gasteiger partial charge in [0.1, 0.15) is 5.75 Å². The van der Waals surface area contributed by atoms with Gasteiger partial charge >= 0.3 is 0 Å². The zero-order valence-corrected chi connectivity index (χ0v) is 19.1. The molecule has 0 bridgehead atoms. The molecule has 0 radical (unpaired) electrons. The number of benzene rings is 2. The van der Waals surface area contributed by atoms with E-state index in [9.17, 15) is 14.4 Å². The molecule has 0 aliphatic rings. The third-order valence-corrected chi connectivity index (χ3v) is 4.82.